The minimum atomic E-state index is -0.694. The van der Waals surface area contributed by atoms with Crippen molar-refractivity contribution in [1.82, 2.24) is 19.2 Å². The topological polar surface area (TPSA) is 109 Å². The molecule has 29 heavy (non-hydrogen) atoms. The Bertz CT molecular complexity index is 1140. The first-order chi connectivity index (χ1) is 13.7. The summed E-state index contributed by atoms with van der Waals surface area (Å²) in [6.07, 6.45) is 0. The second-order valence-electron chi connectivity index (χ2n) is 6.77. The van der Waals surface area contributed by atoms with Gasteiger partial charge < -0.3 is 15.3 Å². The number of nitrogens with zero attached hydrogens (tertiary/aromatic N) is 4. The first-order valence-corrected chi connectivity index (χ1v) is 8.78. The Kier molecular flexibility index (Phi) is 5.22. The van der Waals surface area contributed by atoms with Gasteiger partial charge in [-0.3, -0.25) is 14.2 Å². The maximum absolute atomic E-state index is 12.7. The van der Waals surface area contributed by atoms with Crippen LogP contribution in [0, 0.1) is 6.92 Å². The van der Waals surface area contributed by atoms with Crippen molar-refractivity contribution in [3.8, 4) is 11.4 Å². The zero-order valence-electron chi connectivity index (χ0n) is 16.5. The van der Waals surface area contributed by atoms with Crippen molar-refractivity contribution in [2.45, 2.75) is 6.92 Å². The first-order valence-electron chi connectivity index (χ1n) is 8.78. The molecule has 2 aromatic carbocycles. The molecule has 0 fully saturated rings. The zero-order valence-corrected chi connectivity index (χ0v) is 16.5. The summed E-state index contributed by atoms with van der Waals surface area (Å²) in [6.45, 7) is 1.92. The predicted octanol–water partition coefficient (Wildman–Crippen LogP) is 1.54. The van der Waals surface area contributed by atoms with Crippen LogP contribution in [0.1, 0.15) is 26.5 Å². The summed E-state index contributed by atoms with van der Waals surface area (Å²) >= 11 is 0. The van der Waals surface area contributed by atoms with Crippen LogP contribution in [0.5, 0.6) is 5.75 Å². The number of carbonyl (C=O) groups excluding carboxylic acids is 2. The smallest absolute Gasteiger partial charge is 0.350 e. The van der Waals surface area contributed by atoms with Gasteiger partial charge in [-0.15, -0.1) is 5.10 Å². The second-order valence-corrected chi connectivity index (χ2v) is 6.77. The van der Waals surface area contributed by atoms with E-state index in [1.165, 1.54) is 30.1 Å². The Hall–Kier alpha value is -3.88. The lowest BCUT2D eigenvalue weighted by Crippen LogP contribution is -2.24. The number of anilines is 1. The Morgan fingerprint density at radius 1 is 1.10 bits per heavy atom. The number of hydrogen-bond donors (Lipinski definition) is 2. The lowest BCUT2D eigenvalue weighted by atomic mass is 10.1. The fourth-order valence-electron chi connectivity index (χ4n) is 2.73. The molecule has 0 aliphatic heterocycles. The maximum Gasteiger partial charge on any atom is 0.350 e. The summed E-state index contributed by atoms with van der Waals surface area (Å²) in [5, 5.41) is 17.0. The summed E-state index contributed by atoms with van der Waals surface area (Å²) in [4.78, 5) is 38.7. The molecule has 0 spiro atoms. The van der Waals surface area contributed by atoms with E-state index >= 15 is 0 Å². The van der Waals surface area contributed by atoms with E-state index in [1.807, 2.05) is 19.1 Å². The van der Waals surface area contributed by atoms with Gasteiger partial charge in [0.2, 0.25) is 5.82 Å². The van der Waals surface area contributed by atoms with Crippen molar-refractivity contribution < 1.29 is 14.7 Å². The normalized spacial score (nSPS) is 10.6. The number of amides is 2. The molecule has 9 heteroatoms. The molecule has 3 rings (SSSR count). The largest absolute Gasteiger partial charge is 0.505 e. The van der Waals surface area contributed by atoms with Crippen molar-refractivity contribution in [2.75, 3.05) is 19.4 Å². The third-order valence-electron chi connectivity index (χ3n) is 4.38. The van der Waals surface area contributed by atoms with Crippen molar-refractivity contribution in [3.05, 3.63) is 69.9 Å². The Labute approximate surface area is 166 Å². The van der Waals surface area contributed by atoms with E-state index in [9.17, 15) is 19.5 Å². The molecular weight excluding hydrogens is 374 g/mol. The molecule has 2 N–H and O–H groups in total. The van der Waals surface area contributed by atoms with Gasteiger partial charge >= 0.3 is 5.69 Å². The van der Waals surface area contributed by atoms with Gasteiger partial charge in [0.15, 0.2) is 5.75 Å². The highest BCUT2D eigenvalue weighted by molar-refractivity contribution is 6.05. The molecular formula is C20H21N5O4. The van der Waals surface area contributed by atoms with Crippen LogP contribution in [-0.4, -0.2) is 50.3 Å². The molecule has 0 unspecified atom stereocenters. The Balaban J connectivity index is 1.94. The van der Waals surface area contributed by atoms with Crippen LogP contribution in [0.25, 0.3) is 5.69 Å². The monoisotopic (exact) mass is 395 g/mol. The predicted molar refractivity (Wildman–Crippen MR) is 108 cm³/mol. The lowest BCUT2D eigenvalue weighted by Gasteiger charge is -2.14. The van der Waals surface area contributed by atoms with Gasteiger partial charge in [0.25, 0.3) is 11.8 Å². The minimum Gasteiger partial charge on any atom is -0.505 e. The van der Waals surface area contributed by atoms with E-state index in [1.54, 1.807) is 26.2 Å². The van der Waals surface area contributed by atoms with Gasteiger partial charge in [0, 0.05) is 21.1 Å². The second kappa shape index (κ2) is 7.63. The fourth-order valence-corrected chi connectivity index (χ4v) is 2.73. The van der Waals surface area contributed by atoms with Gasteiger partial charge in [0.05, 0.1) is 16.9 Å². The first kappa shape index (κ1) is 19.9. The molecule has 9 nitrogen and oxygen atoms in total. The number of nitrogens with one attached hydrogen (secondary N) is 1. The van der Waals surface area contributed by atoms with E-state index < -0.39 is 17.5 Å². The molecule has 3 aromatic rings. The average molecular weight is 395 g/mol. The van der Waals surface area contributed by atoms with E-state index in [0.717, 1.165) is 14.8 Å². The number of phenols is 1. The van der Waals surface area contributed by atoms with E-state index in [0.29, 0.717) is 5.69 Å². The highest BCUT2D eigenvalue weighted by Crippen LogP contribution is 2.28. The summed E-state index contributed by atoms with van der Waals surface area (Å²) in [7, 11) is 4.54. The number of hydrogen-bond acceptors (Lipinski definition) is 5. The highest BCUT2D eigenvalue weighted by atomic mass is 16.3. The van der Waals surface area contributed by atoms with E-state index in [2.05, 4.69) is 10.4 Å². The molecule has 0 radical (unpaired) electrons. The fraction of sp³-hybridized carbons (Fsp3) is 0.200. The molecule has 0 saturated heterocycles. The SMILES string of the molecule is Cc1ccc(-n2nc(C(=O)Nc3cccc(C(=O)N(C)C)c3O)n(C)c2=O)cc1. The summed E-state index contributed by atoms with van der Waals surface area (Å²) in [5.41, 5.74) is 1.15. The maximum atomic E-state index is 12.7. The van der Waals surface area contributed by atoms with Crippen molar-refractivity contribution in [1.29, 1.82) is 0 Å². The summed E-state index contributed by atoms with van der Waals surface area (Å²) < 4.78 is 2.24. The molecule has 150 valence electrons. The number of benzene rings is 2. The number of aromatic nitrogens is 3. The van der Waals surface area contributed by atoms with E-state index in [-0.39, 0.29) is 22.8 Å². The Morgan fingerprint density at radius 2 is 1.76 bits per heavy atom. The molecule has 0 aliphatic rings. The Morgan fingerprint density at radius 3 is 2.38 bits per heavy atom. The number of aryl methyl sites for hydroxylation is 1. The third-order valence-corrected chi connectivity index (χ3v) is 4.38. The van der Waals surface area contributed by atoms with Gasteiger partial charge in [-0.25, -0.2) is 4.79 Å². The van der Waals surface area contributed by atoms with Crippen LogP contribution >= 0.6 is 0 Å². The molecule has 0 atom stereocenters. The summed E-state index contributed by atoms with van der Waals surface area (Å²) in [6, 6.07) is 11.6. The van der Waals surface area contributed by atoms with Crippen LogP contribution in [0.4, 0.5) is 5.69 Å². The zero-order chi connectivity index (χ0) is 21.3. The van der Waals surface area contributed by atoms with Gasteiger partial charge in [-0.2, -0.15) is 4.68 Å². The molecule has 1 heterocycles. The van der Waals surface area contributed by atoms with Crippen molar-refractivity contribution in [2.24, 2.45) is 7.05 Å². The number of para-hydroxylation sites is 1. The lowest BCUT2D eigenvalue weighted by molar-refractivity contribution is 0.0824. The number of carbonyl (C=O) groups is 2. The van der Waals surface area contributed by atoms with Crippen LogP contribution in [-0.2, 0) is 7.05 Å². The van der Waals surface area contributed by atoms with Crippen LogP contribution in [0.3, 0.4) is 0 Å². The van der Waals surface area contributed by atoms with E-state index in [4.69, 9.17) is 0 Å². The summed E-state index contributed by atoms with van der Waals surface area (Å²) in [5.74, 6) is -1.60. The van der Waals surface area contributed by atoms with Crippen LogP contribution in [0.15, 0.2) is 47.3 Å². The van der Waals surface area contributed by atoms with Crippen LogP contribution in [0.2, 0.25) is 0 Å². The molecule has 2 amide bonds. The highest BCUT2D eigenvalue weighted by Gasteiger charge is 2.21. The van der Waals surface area contributed by atoms with Gasteiger partial charge in [0.1, 0.15) is 0 Å². The molecule has 0 aliphatic carbocycles. The molecule has 1 aromatic heterocycles. The van der Waals surface area contributed by atoms with Gasteiger partial charge in [-0.1, -0.05) is 23.8 Å². The number of rotatable bonds is 4. The average Bonchev–Trinajstić information content (AvgIpc) is 2.98. The molecule has 0 saturated carbocycles. The number of phenolic OH excluding ortho intramolecular Hbond substituents is 1. The van der Waals surface area contributed by atoms with Crippen LogP contribution < -0.4 is 11.0 Å². The molecule has 0 bridgehead atoms. The standard InChI is InChI=1S/C20H21N5O4/c1-12-8-10-13(11-9-12)25-20(29)24(4)17(22-25)18(27)21-15-7-5-6-14(16(15)26)19(28)23(2)3/h5-11,26H,1-4H3,(H,21,27). The van der Waals surface area contributed by atoms with Crippen molar-refractivity contribution in [3.63, 3.8) is 0 Å². The quantitative estimate of drug-likeness (QED) is 0.651. The minimum absolute atomic E-state index is 0.0417. The van der Waals surface area contributed by atoms with Crippen molar-refractivity contribution >= 4 is 17.5 Å². The van der Waals surface area contributed by atoms with Gasteiger partial charge in [-0.05, 0) is 31.2 Å². The number of aromatic hydroxyl groups is 1. The third kappa shape index (κ3) is 3.75.